The molecule has 25 heavy (non-hydrogen) atoms. The molecule has 1 fully saturated rings. The Labute approximate surface area is 152 Å². The predicted octanol–water partition coefficient (Wildman–Crippen LogP) is 4.28. The number of benzene rings is 1. The van der Waals surface area contributed by atoms with E-state index in [1.807, 2.05) is 0 Å². The Morgan fingerprint density at radius 1 is 1.20 bits per heavy atom. The van der Waals surface area contributed by atoms with E-state index in [2.05, 4.69) is 39.0 Å². The van der Waals surface area contributed by atoms with E-state index in [9.17, 15) is 5.11 Å². The van der Waals surface area contributed by atoms with Crippen molar-refractivity contribution in [2.75, 3.05) is 6.61 Å². The third kappa shape index (κ3) is 6.07. The van der Waals surface area contributed by atoms with Crippen molar-refractivity contribution >= 4 is 0 Å². The minimum atomic E-state index is -0.579. The van der Waals surface area contributed by atoms with Crippen LogP contribution in [0.5, 0.6) is 0 Å². The summed E-state index contributed by atoms with van der Waals surface area (Å²) >= 11 is 0. The maximum Gasteiger partial charge on any atom is 0.158 e. The molecule has 1 N–H and O–H groups in total. The van der Waals surface area contributed by atoms with Gasteiger partial charge in [0.05, 0.1) is 19.3 Å². The standard InChI is InChI=1S/C21H34O4/c1-5-6-7-8-12-20-24-14-19(21(25-20)17(4)22)23-13-18-15(2)10-9-11-16(18)3/h9-11,17,19-22H,5-8,12-14H2,1-4H3/t17?,19-,20+,21-/m1/s1. The maximum atomic E-state index is 10.1. The van der Waals surface area contributed by atoms with Crippen LogP contribution < -0.4 is 0 Å². The van der Waals surface area contributed by atoms with Crippen molar-refractivity contribution in [1.29, 1.82) is 0 Å². The molecule has 0 aliphatic carbocycles. The number of aryl methyl sites for hydroxylation is 2. The van der Waals surface area contributed by atoms with Crippen molar-refractivity contribution in [3.05, 3.63) is 34.9 Å². The topological polar surface area (TPSA) is 47.9 Å². The Morgan fingerprint density at radius 3 is 2.56 bits per heavy atom. The van der Waals surface area contributed by atoms with Gasteiger partial charge in [0.15, 0.2) is 6.29 Å². The average molecular weight is 350 g/mol. The van der Waals surface area contributed by atoms with Crippen molar-refractivity contribution < 1.29 is 19.3 Å². The molecule has 1 aliphatic rings. The van der Waals surface area contributed by atoms with E-state index in [0.717, 1.165) is 12.8 Å². The molecule has 1 unspecified atom stereocenters. The highest BCUT2D eigenvalue weighted by molar-refractivity contribution is 5.32. The second kappa shape index (κ2) is 10.3. The number of hydrogen-bond donors (Lipinski definition) is 1. The SMILES string of the molecule is CCCCCC[C@H]1OC[C@@H](OCc2c(C)cccc2C)[C@@H](C(C)O)O1. The Balaban J connectivity index is 1.88. The molecule has 1 aromatic rings. The molecular formula is C21H34O4. The minimum Gasteiger partial charge on any atom is -0.391 e. The highest BCUT2D eigenvalue weighted by Crippen LogP contribution is 2.24. The summed E-state index contributed by atoms with van der Waals surface area (Å²) in [5.74, 6) is 0. The maximum absolute atomic E-state index is 10.1. The number of ether oxygens (including phenoxy) is 3. The summed E-state index contributed by atoms with van der Waals surface area (Å²) in [6.07, 6.45) is 4.25. The molecule has 0 radical (unpaired) electrons. The molecule has 1 heterocycles. The van der Waals surface area contributed by atoms with Gasteiger partial charge in [0.2, 0.25) is 0 Å². The van der Waals surface area contributed by atoms with Gasteiger partial charge in [-0.15, -0.1) is 0 Å². The van der Waals surface area contributed by atoms with E-state index >= 15 is 0 Å². The van der Waals surface area contributed by atoms with Gasteiger partial charge in [-0.2, -0.15) is 0 Å². The lowest BCUT2D eigenvalue weighted by atomic mass is 10.0. The van der Waals surface area contributed by atoms with Gasteiger partial charge in [-0.1, -0.05) is 44.4 Å². The summed E-state index contributed by atoms with van der Waals surface area (Å²) in [7, 11) is 0. The smallest absolute Gasteiger partial charge is 0.158 e. The lowest BCUT2D eigenvalue weighted by Crippen LogP contribution is -2.50. The first kappa shape index (κ1) is 20.4. The molecule has 0 spiro atoms. The van der Waals surface area contributed by atoms with Gasteiger partial charge < -0.3 is 19.3 Å². The van der Waals surface area contributed by atoms with E-state index in [1.54, 1.807) is 6.92 Å². The summed E-state index contributed by atoms with van der Waals surface area (Å²) < 4.78 is 17.9. The van der Waals surface area contributed by atoms with Crippen LogP contribution in [0.25, 0.3) is 0 Å². The van der Waals surface area contributed by atoms with E-state index in [-0.39, 0.29) is 18.5 Å². The van der Waals surface area contributed by atoms with Gasteiger partial charge in [0, 0.05) is 0 Å². The zero-order chi connectivity index (χ0) is 18.2. The quantitative estimate of drug-likeness (QED) is 0.675. The van der Waals surface area contributed by atoms with Crippen LogP contribution >= 0.6 is 0 Å². The Bertz CT molecular complexity index is 494. The molecule has 142 valence electrons. The Kier molecular flexibility index (Phi) is 8.37. The van der Waals surface area contributed by atoms with Crippen LogP contribution in [0.1, 0.15) is 62.6 Å². The molecule has 4 atom stereocenters. The summed E-state index contributed by atoms with van der Waals surface area (Å²) in [5, 5.41) is 10.1. The van der Waals surface area contributed by atoms with Gasteiger partial charge in [0.1, 0.15) is 12.2 Å². The summed E-state index contributed by atoms with van der Waals surface area (Å²) in [4.78, 5) is 0. The number of hydrogen-bond acceptors (Lipinski definition) is 4. The second-order valence-electron chi connectivity index (χ2n) is 7.17. The lowest BCUT2D eigenvalue weighted by molar-refractivity contribution is -0.281. The van der Waals surface area contributed by atoms with Gasteiger partial charge >= 0.3 is 0 Å². The van der Waals surface area contributed by atoms with E-state index in [4.69, 9.17) is 14.2 Å². The molecule has 1 aromatic carbocycles. The van der Waals surface area contributed by atoms with Crippen LogP contribution in [0, 0.1) is 13.8 Å². The van der Waals surface area contributed by atoms with Crippen LogP contribution in [-0.4, -0.2) is 36.3 Å². The van der Waals surface area contributed by atoms with Gasteiger partial charge in [-0.25, -0.2) is 0 Å². The molecular weight excluding hydrogens is 316 g/mol. The van der Waals surface area contributed by atoms with Crippen molar-refractivity contribution in [3.8, 4) is 0 Å². The first-order chi connectivity index (χ1) is 12.0. The first-order valence-electron chi connectivity index (χ1n) is 9.64. The minimum absolute atomic E-state index is 0.225. The zero-order valence-electron chi connectivity index (χ0n) is 16.2. The number of aliphatic hydroxyl groups is 1. The molecule has 2 rings (SSSR count). The van der Waals surface area contributed by atoms with Crippen LogP contribution in [0.2, 0.25) is 0 Å². The largest absolute Gasteiger partial charge is 0.391 e. The van der Waals surface area contributed by atoms with Crippen LogP contribution in [-0.2, 0) is 20.8 Å². The average Bonchev–Trinajstić information content (AvgIpc) is 2.59. The van der Waals surface area contributed by atoms with Crippen LogP contribution in [0.4, 0.5) is 0 Å². The lowest BCUT2D eigenvalue weighted by Gasteiger charge is -2.38. The molecule has 1 saturated heterocycles. The molecule has 1 aliphatic heterocycles. The fraction of sp³-hybridized carbons (Fsp3) is 0.714. The number of unbranched alkanes of at least 4 members (excludes halogenated alkanes) is 3. The fourth-order valence-corrected chi connectivity index (χ4v) is 3.32. The highest BCUT2D eigenvalue weighted by atomic mass is 16.7. The fourth-order valence-electron chi connectivity index (χ4n) is 3.32. The molecule has 0 amide bonds. The summed E-state index contributed by atoms with van der Waals surface area (Å²) in [5.41, 5.74) is 3.65. The van der Waals surface area contributed by atoms with Crippen molar-refractivity contribution in [2.45, 2.75) is 91.0 Å². The van der Waals surface area contributed by atoms with Crippen molar-refractivity contribution in [3.63, 3.8) is 0 Å². The Morgan fingerprint density at radius 2 is 1.92 bits per heavy atom. The zero-order valence-corrected chi connectivity index (χ0v) is 16.2. The monoisotopic (exact) mass is 350 g/mol. The normalized spacial score (nSPS) is 25.1. The second-order valence-corrected chi connectivity index (χ2v) is 7.17. The van der Waals surface area contributed by atoms with Crippen molar-refractivity contribution in [2.24, 2.45) is 0 Å². The molecule has 0 aromatic heterocycles. The summed E-state index contributed by atoms with van der Waals surface area (Å²) in [6, 6.07) is 6.25. The highest BCUT2D eigenvalue weighted by Gasteiger charge is 2.35. The molecule has 4 heteroatoms. The Hall–Kier alpha value is -0.940. The predicted molar refractivity (Wildman–Crippen MR) is 99.5 cm³/mol. The number of rotatable bonds is 9. The molecule has 4 nitrogen and oxygen atoms in total. The van der Waals surface area contributed by atoms with Gasteiger partial charge in [-0.05, 0) is 50.3 Å². The van der Waals surface area contributed by atoms with Crippen molar-refractivity contribution in [1.82, 2.24) is 0 Å². The molecule has 0 saturated carbocycles. The third-order valence-corrected chi connectivity index (χ3v) is 4.98. The third-order valence-electron chi connectivity index (χ3n) is 4.98. The van der Waals surface area contributed by atoms with Gasteiger partial charge in [-0.3, -0.25) is 0 Å². The van der Waals surface area contributed by atoms with Crippen LogP contribution in [0.15, 0.2) is 18.2 Å². The number of aliphatic hydroxyl groups excluding tert-OH is 1. The summed E-state index contributed by atoms with van der Waals surface area (Å²) in [6.45, 7) is 9.14. The van der Waals surface area contributed by atoms with E-state index in [1.165, 1.54) is 36.0 Å². The molecule has 0 bridgehead atoms. The van der Waals surface area contributed by atoms with Gasteiger partial charge in [0.25, 0.3) is 0 Å². The van der Waals surface area contributed by atoms with E-state index in [0.29, 0.717) is 13.2 Å². The van der Waals surface area contributed by atoms with E-state index < -0.39 is 6.10 Å². The first-order valence-corrected chi connectivity index (χ1v) is 9.64. The van der Waals surface area contributed by atoms with Crippen LogP contribution in [0.3, 0.4) is 0 Å².